The minimum Gasteiger partial charge on any atom is -0.0935 e. The van der Waals surface area contributed by atoms with Gasteiger partial charge in [-0.05, 0) is 127 Å². The zero-order valence-electron chi connectivity index (χ0n) is 14.3. The molecule has 0 saturated heterocycles. The van der Waals surface area contributed by atoms with Crippen LogP contribution in [0.2, 0.25) is 0 Å². The monoisotopic (exact) mass is 462 g/mol. The van der Waals surface area contributed by atoms with Crippen molar-refractivity contribution in [2.75, 3.05) is 11.5 Å². The summed E-state index contributed by atoms with van der Waals surface area (Å²) in [6.07, 6.45) is 37.1. The molecular formula is C22H22Fe2S2. The molecule has 4 aliphatic rings. The Bertz CT molecular complexity index is 226. The molecule has 20 radical (unpaired) electrons. The zero-order chi connectivity index (χ0) is 16.7. The summed E-state index contributed by atoms with van der Waals surface area (Å²) in [5.74, 6) is 5.06. The van der Waals surface area contributed by atoms with Crippen LogP contribution in [0.4, 0.5) is 0 Å². The molecule has 26 heavy (non-hydrogen) atoms. The molecular weight excluding hydrogens is 440 g/mol. The van der Waals surface area contributed by atoms with Crippen molar-refractivity contribution >= 4 is 21.6 Å². The molecule has 138 valence electrons. The maximum absolute atomic E-state index is 2.18. The minimum absolute atomic E-state index is 0. The van der Waals surface area contributed by atoms with Crippen molar-refractivity contribution in [3.63, 3.8) is 0 Å². The summed E-state index contributed by atoms with van der Waals surface area (Å²) in [6.45, 7) is 0. The molecule has 0 N–H and O–H groups in total. The van der Waals surface area contributed by atoms with Gasteiger partial charge >= 0.3 is 0 Å². The van der Waals surface area contributed by atoms with E-state index >= 15 is 0 Å². The van der Waals surface area contributed by atoms with Crippen molar-refractivity contribution in [2.45, 2.75) is 0 Å². The Balaban J connectivity index is 0.000000432. The SMILES string of the molecule is [CH]1[CH][CH][CH][CH]1.[CH]1[CH][CH][CH][CH]1.[CH]1[CH][CH][C](CSSC[C]2[CH][CH][CH][CH]2)[CH]1.[Fe].[Fe]. The minimum atomic E-state index is 0. The Morgan fingerprint density at radius 2 is 0.615 bits per heavy atom. The molecule has 0 unspecified atom stereocenters. The predicted molar refractivity (Wildman–Crippen MR) is 109 cm³/mol. The maximum Gasteiger partial charge on any atom is 0.0105 e. The van der Waals surface area contributed by atoms with Crippen LogP contribution in [0.15, 0.2) is 0 Å². The largest absolute Gasteiger partial charge is 0.0935 e. The first-order valence-electron chi connectivity index (χ1n) is 7.94. The van der Waals surface area contributed by atoms with Gasteiger partial charge in [-0.25, -0.2) is 0 Å². The van der Waals surface area contributed by atoms with Crippen molar-refractivity contribution in [3.8, 4) is 0 Å². The molecule has 0 aromatic heterocycles. The van der Waals surface area contributed by atoms with Crippen LogP contribution in [0.1, 0.15) is 0 Å². The van der Waals surface area contributed by atoms with Gasteiger partial charge in [-0.1, -0.05) is 21.6 Å². The van der Waals surface area contributed by atoms with Crippen LogP contribution in [-0.2, 0) is 34.1 Å². The van der Waals surface area contributed by atoms with Crippen LogP contribution in [0.3, 0.4) is 0 Å². The topological polar surface area (TPSA) is 0 Å². The van der Waals surface area contributed by atoms with Crippen molar-refractivity contribution in [1.82, 2.24) is 0 Å². The van der Waals surface area contributed by atoms with Crippen molar-refractivity contribution in [3.05, 3.63) is 127 Å². The first-order chi connectivity index (χ1) is 11.9. The Labute approximate surface area is 193 Å². The van der Waals surface area contributed by atoms with Crippen molar-refractivity contribution < 1.29 is 34.1 Å². The van der Waals surface area contributed by atoms with Gasteiger partial charge in [0.05, 0.1) is 0 Å². The van der Waals surface area contributed by atoms with Gasteiger partial charge in [0, 0.05) is 45.6 Å². The zero-order valence-corrected chi connectivity index (χ0v) is 18.2. The molecule has 0 bridgehead atoms. The molecule has 4 saturated carbocycles. The van der Waals surface area contributed by atoms with Crippen molar-refractivity contribution in [1.29, 1.82) is 0 Å². The fourth-order valence-electron chi connectivity index (χ4n) is 1.88. The Kier molecular flexibility index (Phi) is 21.4. The summed E-state index contributed by atoms with van der Waals surface area (Å²) in [5, 5.41) is 0. The van der Waals surface area contributed by atoms with E-state index in [2.05, 4.69) is 51.4 Å². The standard InChI is InChI=1S/C12H12S2.2C5H5.2Fe/c1-2-6-11(5-1)9-13-14-10-12-7-3-4-8-12;2*1-2-4-5-3-1;;/h1-8H,9-10H2;2*1-5H;;. The molecule has 0 aromatic carbocycles. The van der Waals surface area contributed by atoms with Gasteiger partial charge in [-0.15, -0.1) is 0 Å². The third kappa shape index (κ3) is 14.7. The van der Waals surface area contributed by atoms with Gasteiger partial charge in [-0.3, -0.25) is 0 Å². The molecule has 4 heteroatoms. The fourth-order valence-corrected chi connectivity index (χ4v) is 4.02. The smallest absolute Gasteiger partial charge is 0.0105 e. The summed E-state index contributed by atoms with van der Waals surface area (Å²) in [7, 11) is 3.85. The van der Waals surface area contributed by atoms with Gasteiger partial charge in [0.15, 0.2) is 0 Å². The van der Waals surface area contributed by atoms with Gasteiger partial charge in [0.1, 0.15) is 0 Å². The normalized spacial score (nSPS) is 22.6. The average Bonchev–Trinajstić information content (AvgIpc) is 3.44. The van der Waals surface area contributed by atoms with Crippen LogP contribution in [0.25, 0.3) is 0 Å². The molecule has 4 rings (SSSR count). The Morgan fingerprint density at radius 1 is 0.385 bits per heavy atom. The van der Waals surface area contributed by atoms with Crippen LogP contribution in [0.5, 0.6) is 0 Å². The summed E-state index contributed by atoms with van der Waals surface area (Å²) in [5.41, 5.74) is 0. The van der Waals surface area contributed by atoms with E-state index in [4.69, 9.17) is 0 Å². The first kappa shape index (κ1) is 27.7. The Morgan fingerprint density at radius 3 is 0.846 bits per heavy atom. The van der Waals surface area contributed by atoms with Gasteiger partial charge in [0.25, 0.3) is 0 Å². The third-order valence-corrected chi connectivity index (χ3v) is 5.39. The molecule has 0 amide bonds. The number of hydrogen-bond donors (Lipinski definition) is 0. The van der Waals surface area contributed by atoms with E-state index in [1.165, 1.54) is 11.8 Å². The van der Waals surface area contributed by atoms with Gasteiger partial charge in [0.2, 0.25) is 0 Å². The maximum atomic E-state index is 2.18. The molecule has 4 fully saturated rings. The average molecular weight is 462 g/mol. The summed E-state index contributed by atoms with van der Waals surface area (Å²) < 4.78 is 0. The van der Waals surface area contributed by atoms with E-state index < -0.39 is 0 Å². The molecule has 0 aromatic rings. The molecule has 0 nitrogen and oxygen atoms in total. The summed E-state index contributed by atoms with van der Waals surface area (Å²) in [6, 6.07) is 0. The second-order valence-electron chi connectivity index (χ2n) is 5.04. The van der Waals surface area contributed by atoms with Crippen LogP contribution in [-0.4, -0.2) is 11.5 Å². The number of rotatable bonds is 5. The van der Waals surface area contributed by atoms with Crippen LogP contribution < -0.4 is 0 Å². The molecule has 0 heterocycles. The number of hydrogen-bond acceptors (Lipinski definition) is 2. The van der Waals surface area contributed by atoms with E-state index in [0.717, 1.165) is 11.5 Å². The molecule has 0 aliphatic heterocycles. The van der Waals surface area contributed by atoms with E-state index in [0.29, 0.717) is 0 Å². The fraction of sp³-hybridized carbons (Fsp3) is 0.0909. The predicted octanol–water partition coefficient (Wildman–Crippen LogP) is 5.22. The van der Waals surface area contributed by atoms with Gasteiger partial charge in [-0.2, -0.15) is 0 Å². The quantitative estimate of drug-likeness (QED) is 0.313. The van der Waals surface area contributed by atoms with Crippen molar-refractivity contribution in [2.24, 2.45) is 0 Å². The van der Waals surface area contributed by atoms with Crippen LogP contribution >= 0.6 is 21.6 Å². The Hall–Kier alpha value is 1.74. The molecule has 0 atom stereocenters. The van der Waals surface area contributed by atoms with Crippen LogP contribution in [0, 0.1) is 127 Å². The second kappa shape index (κ2) is 20.0. The third-order valence-electron chi connectivity index (χ3n) is 3.11. The van der Waals surface area contributed by atoms with E-state index in [-0.39, 0.29) is 34.1 Å². The van der Waals surface area contributed by atoms with E-state index in [1.807, 2.05) is 85.8 Å². The first-order valence-corrected chi connectivity index (χ1v) is 10.4. The van der Waals surface area contributed by atoms with Gasteiger partial charge < -0.3 is 0 Å². The second-order valence-corrected chi connectivity index (χ2v) is 7.50. The summed E-state index contributed by atoms with van der Waals surface area (Å²) >= 11 is 0. The summed E-state index contributed by atoms with van der Waals surface area (Å²) in [4.78, 5) is 0. The molecule has 0 spiro atoms. The molecule has 4 aliphatic carbocycles. The van der Waals surface area contributed by atoms with E-state index in [1.54, 1.807) is 0 Å². The van der Waals surface area contributed by atoms with E-state index in [9.17, 15) is 0 Å².